The summed E-state index contributed by atoms with van der Waals surface area (Å²) in [4.78, 5) is 5.09. The number of aromatic nitrogens is 4. The molecule has 1 fully saturated rings. The van der Waals surface area contributed by atoms with Crippen molar-refractivity contribution in [1.82, 2.24) is 17.5 Å². The second kappa shape index (κ2) is 8.23. The molecule has 2 aromatic carbocycles. The average Bonchev–Trinajstić information content (AvgIpc) is 3.78. The lowest BCUT2D eigenvalue weighted by Gasteiger charge is -2.34. The molecule has 0 N–H and O–H groups in total. The van der Waals surface area contributed by atoms with Crippen molar-refractivity contribution in [3.05, 3.63) is 58.7 Å². The second-order valence-electron chi connectivity index (χ2n) is 9.82. The SMILES string of the molecule is N#Cc1ccc(-c2cc3c(s2)-c2sc(-c4ccc(C#N)c5nsnc45)cc2C32CCCCC2)c2nsnc12. The first-order valence-electron chi connectivity index (χ1n) is 12.3. The van der Waals surface area contributed by atoms with Gasteiger partial charge in [-0.25, -0.2) is 0 Å². The Morgan fingerprint density at radius 2 is 1.11 bits per heavy atom. The van der Waals surface area contributed by atoms with Gasteiger partial charge in [0.1, 0.15) is 34.2 Å². The topological polar surface area (TPSA) is 99.1 Å². The average molecular weight is 565 g/mol. The van der Waals surface area contributed by atoms with E-state index in [2.05, 4.69) is 41.8 Å². The first kappa shape index (κ1) is 22.4. The van der Waals surface area contributed by atoms with Gasteiger partial charge in [-0.15, -0.1) is 22.7 Å². The minimum atomic E-state index is 0.0322. The van der Waals surface area contributed by atoms with Crippen molar-refractivity contribution in [3.63, 3.8) is 0 Å². The highest BCUT2D eigenvalue weighted by Gasteiger charge is 2.46. The number of benzene rings is 2. The number of hydrogen-bond donors (Lipinski definition) is 0. The summed E-state index contributed by atoms with van der Waals surface area (Å²) in [5.74, 6) is 0. The van der Waals surface area contributed by atoms with Crippen molar-refractivity contribution >= 4 is 68.2 Å². The molecule has 0 amide bonds. The molecule has 0 aliphatic heterocycles. The largest absolute Gasteiger partial charge is 0.192 e. The molecule has 2 aliphatic rings. The Hall–Kier alpha value is -3.54. The van der Waals surface area contributed by atoms with E-state index in [0.717, 1.165) is 58.5 Å². The highest BCUT2D eigenvalue weighted by Crippen LogP contribution is 2.62. The van der Waals surface area contributed by atoms with Gasteiger partial charge in [-0.05, 0) is 60.4 Å². The molecule has 10 heteroatoms. The molecular weight excluding hydrogens is 549 g/mol. The van der Waals surface area contributed by atoms with Gasteiger partial charge in [0.15, 0.2) is 0 Å². The van der Waals surface area contributed by atoms with Crippen LogP contribution < -0.4 is 0 Å². The summed E-state index contributed by atoms with van der Waals surface area (Å²) in [7, 11) is 0. The molecule has 8 rings (SSSR count). The van der Waals surface area contributed by atoms with E-state index in [1.165, 1.54) is 49.9 Å². The Kier molecular flexibility index (Phi) is 4.86. The Bertz CT molecular complexity index is 1870. The zero-order chi connectivity index (χ0) is 25.4. The fraction of sp³-hybridized carbons (Fsp3) is 0.214. The minimum absolute atomic E-state index is 0.0322. The molecule has 1 saturated carbocycles. The van der Waals surface area contributed by atoms with Crippen LogP contribution in [-0.2, 0) is 5.41 Å². The van der Waals surface area contributed by atoms with E-state index in [0.29, 0.717) is 22.2 Å². The molecule has 2 aliphatic carbocycles. The normalized spacial score (nSPS) is 15.5. The summed E-state index contributed by atoms with van der Waals surface area (Å²) >= 11 is 5.99. The fourth-order valence-electron chi connectivity index (χ4n) is 6.25. The molecule has 4 aromatic heterocycles. The van der Waals surface area contributed by atoms with Crippen LogP contribution in [0.3, 0.4) is 0 Å². The molecule has 38 heavy (non-hydrogen) atoms. The highest BCUT2D eigenvalue weighted by atomic mass is 32.1. The quantitative estimate of drug-likeness (QED) is 0.210. The van der Waals surface area contributed by atoms with E-state index in [4.69, 9.17) is 0 Å². The first-order chi connectivity index (χ1) is 18.7. The van der Waals surface area contributed by atoms with E-state index in [9.17, 15) is 10.5 Å². The molecule has 0 radical (unpaired) electrons. The van der Waals surface area contributed by atoms with E-state index in [1.807, 2.05) is 46.9 Å². The summed E-state index contributed by atoms with van der Waals surface area (Å²) in [6, 6.07) is 17.1. The lowest BCUT2D eigenvalue weighted by molar-refractivity contribution is 0.354. The van der Waals surface area contributed by atoms with E-state index >= 15 is 0 Å². The third kappa shape index (κ3) is 2.94. The molecular formula is C28H16N6S4. The third-order valence-electron chi connectivity index (χ3n) is 8.01. The van der Waals surface area contributed by atoms with Crippen LogP contribution in [0, 0.1) is 22.7 Å². The van der Waals surface area contributed by atoms with Crippen LogP contribution in [0.25, 0.3) is 52.7 Å². The van der Waals surface area contributed by atoms with Gasteiger partial charge in [0.25, 0.3) is 0 Å². The minimum Gasteiger partial charge on any atom is -0.192 e. The Morgan fingerprint density at radius 3 is 1.58 bits per heavy atom. The summed E-state index contributed by atoms with van der Waals surface area (Å²) < 4.78 is 18.0. The second-order valence-corrected chi connectivity index (χ2v) is 13.0. The lowest BCUT2D eigenvalue weighted by atomic mass is 9.68. The Balaban J connectivity index is 1.33. The van der Waals surface area contributed by atoms with Gasteiger partial charge in [-0.3, -0.25) is 0 Å². The van der Waals surface area contributed by atoms with Crippen molar-refractivity contribution in [3.8, 4) is 42.8 Å². The van der Waals surface area contributed by atoms with Gasteiger partial charge in [0, 0.05) is 36.1 Å². The molecule has 6 aromatic rings. The van der Waals surface area contributed by atoms with Crippen molar-refractivity contribution < 1.29 is 0 Å². The molecule has 182 valence electrons. The first-order valence-corrected chi connectivity index (χ1v) is 15.4. The van der Waals surface area contributed by atoms with Crippen LogP contribution in [0.15, 0.2) is 36.4 Å². The van der Waals surface area contributed by atoms with Crippen LogP contribution in [-0.4, -0.2) is 17.5 Å². The molecule has 6 nitrogen and oxygen atoms in total. The molecule has 4 heterocycles. The number of nitriles is 2. The number of thiophene rings is 2. The molecule has 0 unspecified atom stereocenters. The van der Waals surface area contributed by atoms with Crippen molar-refractivity contribution in [2.75, 3.05) is 0 Å². The van der Waals surface area contributed by atoms with E-state index in [1.54, 1.807) is 0 Å². The number of hydrogen-bond acceptors (Lipinski definition) is 10. The van der Waals surface area contributed by atoms with Crippen molar-refractivity contribution in [2.24, 2.45) is 0 Å². The van der Waals surface area contributed by atoms with Crippen LogP contribution in [0.4, 0.5) is 0 Å². The van der Waals surface area contributed by atoms with E-state index < -0.39 is 0 Å². The van der Waals surface area contributed by atoms with Gasteiger partial charge < -0.3 is 0 Å². The van der Waals surface area contributed by atoms with Crippen LogP contribution in [0.1, 0.15) is 54.4 Å². The lowest BCUT2D eigenvalue weighted by Crippen LogP contribution is -2.27. The zero-order valence-electron chi connectivity index (χ0n) is 19.8. The molecule has 0 bridgehead atoms. The summed E-state index contributed by atoms with van der Waals surface area (Å²) in [6.07, 6.45) is 6.04. The van der Waals surface area contributed by atoms with E-state index in [-0.39, 0.29) is 5.41 Å². The number of rotatable bonds is 2. The maximum Gasteiger partial charge on any atom is 0.123 e. The molecule has 0 saturated heterocycles. The van der Waals surface area contributed by atoms with Crippen LogP contribution in [0.5, 0.6) is 0 Å². The van der Waals surface area contributed by atoms with Gasteiger partial charge in [-0.2, -0.15) is 28.0 Å². The molecule has 1 spiro atoms. The van der Waals surface area contributed by atoms with Crippen molar-refractivity contribution in [2.45, 2.75) is 37.5 Å². The predicted molar refractivity (Wildman–Crippen MR) is 154 cm³/mol. The Morgan fingerprint density at radius 1 is 0.632 bits per heavy atom. The standard InChI is InChI=1S/C28H16N6S4/c29-12-14-4-6-16(24-22(14)31-37-33-24)20-10-18-26(35-20)27-19(28(18)8-2-1-3-9-28)11-21(36-27)17-7-5-15(13-30)23-25(17)34-38-32-23/h4-7,10-11H,1-3,8-9H2. The van der Waals surface area contributed by atoms with Gasteiger partial charge in [-0.1, -0.05) is 19.3 Å². The maximum absolute atomic E-state index is 9.53. The monoisotopic (exact) mass is 564 g/mol. The summed E-state index contributed by atoms with van der Waals surface area (Å²) in [6.45, 7) is 0. The zero-order valence-corrected chi connectivity index (χ0v) is 23.1. The van der Waals surface area contributed by atoms with Crippen molar-refractivity contribution in [1.29, 1.82) is 10.5 Å². The fourth-order valence-corrected chi connectivity index (χ4v) is 10.1. The Labute approximate surface area is 234 Å². The molecule has 0 atom stereocenters. The number of fused-ring (bicyclic) bond motifs is 7. The number of nitrogens with zero attached hydrogens (tertiary/aromatic N) is 6. The van der Waals surface area contributed by atoms with Crippen LogP contribution in [0.2, 0.25) is 0 Å². The smallest absolute Gasteiger partial charge is 0.123 e. The maximum atomic E-state index is 9.53. The van der Waals surface area contributed by atoms with Gasteiger partial charge >= 0.3 is 0 Å². The summed E-state index contributed by atoms with van der Waals surface area (Å²) in [5.41, 5.74) is 9.19. The van der Waals surface area contributed by atoms with Crippen LogP contribution >= 0.6 is 46.1 Å². The van der Waals surface area contributed by atoms with Gasteiger partial charge in [0.05, 0.1) is 34.6 Å². The summed E-state index contributed by atoms with van der Waals surface area (Å²) in [5, 5.41) is 19.1. The highest BCUT2D eigenvalue weighted by molar-refractivity contribution is 7.26. The van der Waals surface area contributed by atoms with Gasteiger partial charge in [0.2, 0.25) is 0 Å². The predicted octanol–water partition coefficient (Wildman–Crippen LogP) is 8.13. The third-order valence-corrected chi connectivity index (χ3v) is 11.6.